The monoisotopic (exact) mass is 425 g/mol. The number of nitro groups is 1. The maximum atomic E-state index is 13.0. The van der Waals surface area contributed by atoms with E-state index >= 15 is 0 Å². The van der Waals surface area contributed by atoms with Crippen molar-refractivity contribution < 1.29 is 27.7 Å². The van der Waals surface area contributed by atoms with Gasteiger partial charge in [-0.25, -0.2) is 8.42 Å². The number of carbonyl (C=O) groups is 2. The van der Waals surface area contributed by atoms with Gasteiger partial charge in [-0.05, 0) is 18.9 Å². The zero-order valence-electron chi connectivity index (χ0n) is 16.1. The van der Waals surface area contributed by atoms with Crippen LogP contribution in [0.3, 0.4) is 0 Å². The Hall–Kier alpha value is -2.53. The molecule has 0 aliphatic carbocycles. The molecule has 0 saturated carbocycles. The van der Waals surface area contributed by atoms with Crippen LogP contribution < -0.4 is 0 Å². The first-order valence-corrected chi connectivity index (χ1v) is 11.2. The van der Waals surface area contributed by atoms with Gasteiger partial charge in [0, 0.05) is 50.1 Å². The van der Waals surface area contributed by atoms with Crippen LogP contribution in [0.25, 0.3) is 0 Å². The largest absolute Gasteiger partial charge is 0.378 e. The predicted octanol–water partition coefficient (Wildman–Crippen LogP) is 0.709. The van der Waals surface area contributed by atoms with Gasteiger partial charge >= 0.3 is 0 Å². The van der Waals surface area contributed by atoms with Crippen LogP contribution in [0, 0.1) is 16.0 Å². The number of likely N-dealkylation sites (tertiary alicyclic amines) is 1. The van der Waals surface area contributed by atoms with Gasteiger partial charge in [-0.3, -0.25) is 19.7 Å². The quantitative estimate of drug-likeness (QED) is 0.513. The Morgan fingerprint density at radius 1 is 1.14 bits per heavy atom. The summed E-state index contributed by atoms with van der Waals surface area (Å²) in [4.78, 5) is 39.1. The number of nitro benzene ring substituents is 1. The highest BCUT2D eigenvalue weighted by molar-refractivity contribution is 7.90. The lowest BCUT2D eigenvalue weighted by Crippen LogP contribution is -2.49. The van der Waals surface area contributed by atoms with Crippen LogP contribution in [0.1, 0.15) is 23.2 Å². The molecule has 0 spiro atoms. The van der Waals surface area contributed by atoms with Crippen LogP contribution >= 0.6 is 0 Å². The summed E-state index contributed by atoms with van der Waals surface area (Å²) in [7, 11) is -3.73. The first kappa shape index (κ1) is 21.2. The van der Waals surface area contributed by atoms with E-state index in [0.717, 1.165) is 24.5 Å². The molecule has 0 aromatic heterocycles. The topological polar surface area (TPSA) is 127 Å². The highest BCUT2D eigenvalue weighted by atomic mass is 32.2. The number of morpholine rings is 1. The average Bonchev–Trinajstić information content (AvgIpc) is 2.72. The third-order valence-electron chi connectivity index (χ3n) is 5.16. The number of hydrogen-bond acceptors (Lipinski definition) is 7. The van der Waals surface area contributed by atoms with Crippen molar-refractivity contribution >= 4 is 27.3 Å². The Morgan fingerprint density at radius 2 is 1.83 bits per heavy atom. The summed E-state index contributed by atoms with van der Waals surface area (Å²) < 4.78 is 29.0. The van der Waals surface area contributed by atoms with Gasteiger partial charge in [-0.1, -0.05) is 0 Å². The Morgan fingerprint density at radius 3 is 2.45 bits per heavy atom. The normalized spacial score (nSPS) is 20.4. The Labute approximate surface area is 168 Å². The van der Waals surface area contributed by atoms with Crippen molar-refractivity contribution in [1.29, 1.82) is 0 Å². The Balaban J connectivity index is 1.81. The van der Waals surface area contributed by atoms with Crippen LogP contribution in [0.5, 0.6) is 0 Å². The van der Waals surface area contributed by atoms with Crippen molar-refractivity contribution in [2.45, 2.75) is 17.7 Å². The number of hydrogen-bond donors (Lipinski definition) is 0. The van der Waals surface area contributed by atoms with Crippen LogP contribution in [0.15, 0.2) is 23.1 Å². The van der Waals surface area contributed by atoms with E-state index in [1.165, 1.54) is 4.90 Å². The van der Waals surface area contributed by atoms with Crippen molar-refractivity contribution in [3.8, 4) is 0 Å². The number of carbonyl (C=O) groups excluding carboxylic acids is 2. The molecule has 3 rings (SSSR count). The van der Waals surface area contributed by atoms with Crippen molar-refractivity contribution in [3.63, 3.8) is 0 Å². The number of benzene rings is 1. The third-order valence-corrected chi connectivity index (χ3v) is 6.25. The zero-order chi connectivity index (χ0) is 21.2. The number of rotatable bonds is 4. The Bertz CT molecular complexity index is 925. The minimum absolute atomic E-state index is 0.0262. The number of non-ortho nitro benzene ring substituents is 1. The number of piperidine rings is 1. The van der Waals surface area contributed by atoms with Gasteiger partial charge in [0.1, 0.15) is 0 Å². The lowest BCUT2D eigenvalue weighted by Gasteiger charge is -2.36. The molecule has 11 heteroatoms. The Kier molecular flexibility index (Phi) is 6.18. The molecule has 2 saturated heterocycles. The smallest absolute Gasteiger partial charge is 0.271 e. The maximum absolute atomic E-state index is 13.0. The van der Waals surface area contributed by atoms with E-state index in [4.69, 9.17) is 4.74 Å². The molecular weight excluding hydrogens is 402 g/mol. The molecule has 2 fully saturated rings. The summed E-state index contributed by atoms with van der Waals surface area (Å²) in [6.07, 6.45) is 2.21. The molecule has 1 unspecified atom stereocenters. The van der Waals surface area contributed by atoms with Gasteiger partial charge in [0.25, 0.3) is 11.6 Å². The molecule has 1 aromatic carbocycles. The van der Waals surface area contributed by atoms with Gasteiger partial charge in [0.15, 0.2) is 9.84 Å². The lowest BCUT2D eigenvalue weighted by atomic mass is 9.95. The molecule has 0 radical (unpaired) electrons. The molecule has 2 amide bonds. The second-order valence-corrected chi connectivity index (χ2v) is 9.29. The average molecular weight is 425 g/mol. The van der Waals surface area contributed by atoms with Gasteiger partial charge in [-0.2, -0.15) is 0 Å². The standard InChI is InChI=1S/C18H23N3O7S/c1-29(26,27)16-10-14(9-15(11-16)21(24)25)18(23)20-4-2-3-13(12-20)17(22)19-5-7-28-8-6-19/h9-11,13H,2-8,12H2,1H3. The van der Waals surface area contributed by atoms with Crippen molar-refractivity contribution in [1.82, 2.24) is 9.80 Å². The van der Waals surface area contributed by atoms with E-state index in [9.17, 15) is 28.1 Å². The van der Waals surface area contributed by atoms with Crippen molar-refractivity contribution in [2.75, 3.05) is 45.6 Å². The summed E-state index contributed by atoms with van der Waals surface area (Å²) in [5.41, 5.74) is -0.534. The molecule has 158 valence electrons. The molecule has 2 heterocycles. The summed E-state index contributed by atoms with van der Waals surface area (Å²) in [6, 6.07) is 3.16. The second-order valence-electron chi connectivity index (χ2n) is 7.27. The molecule has 1 aromatic rings. The molecule has 1 atom stereocenters. The van der Waals surface area contributed by atoms with E-state index in [-0.39, 0.29) is 28.8 Å². The number of amides is 2. The maximum Gasteiger partial charge on any atom is 0.271 e. The van der Waals surface area contributed by atoms with Crippen molar-refractivity contribution in [2.24, 2.45) is 5.92 Å². The van der Waals surface area contributed by atoms with Crippen LogP contribution in [0.2, 0.25) is 0 Å². The summed E-state index contributed by atoms with van der Waals surface area (Å²) in [5.74, 6) is -0.890. The lowest BCUT2D eigenvalue weighted by molar-refractivity contribution is -0.385. The van der Waals surface area contributed by atoms with E-state index in [1.807, 2.05) is 0 Å². The SMILES string of the molecule is CS(=O)(=O)c1cc(C(=O)N2CCCC(C(=O)N3CCOCC3)C2)cc([N+](=O)[O-])c1. The zero-order valence-corrected chi connectivity index (χ0v) is 16.9. The van der Waals surface area contributed by atoms with Gasteiger partial charge in [0.05, 0.1) is 29.0 Å². The van der Waals surface area contributed by atoms with Crippen LogP contribution in [-0.4, -0.2) is 80.6 Å². The van der Waals surface area contributed by atoms with Crippen LogP contribution in [-0.2, 0) is 19.4 Å². The number of ether oxygens (including phenoxy) is 1. The number of nitrogens with zero attached hydrogens (tertiary/aromatic N) is 3. The van der Waals surface area contributed by atoms with E-state index in [0.29, 0.717) is 45.7 Å². The molecule has 29 heavy (non-hydrogen) atoms. The highest BCUT2D eigenvalue weighted by Gasteiger charge is 2.33. The number of sulfone groups is 1. The van der Waals surface area contributed by atoms with Gasteiger partial charge in [0.2, 0.25) is 5.91 Å². The molecule has 0 N–H and O–H groups in total. The predicted molar refractivity (Wildman–Crippen MR) is 102 cm³/mol. The molecular formula is C18H23N3O7S. The molecule has 10 nitrogen and oxygen atoms in total. The summed E-state index contributed by atoms with van der Waals surface area (Å²) >= 11 is 0. The van der Waals surface area contributed by atoms with E-state index in [1.54, 1.807) is 4.90 Å². The minimum Gasteiger partial charge on any atom is -0.378 e. The van der Waals surface area contributed by atoms with Crippen LogP contribution in [0.4, 0.5) is 5.69 Å². The van der Waals surface area contributed by atoms with Gasteiger partial charge in [-0.15, -0.1) is 0 Å². The fourth-order valence-corrected chi connectivity index (χ4v) is 4.29. The first-order valence-electron chi connectivity index (χ1n) is 9.32. The fraction of sp³-hybridized carbons (Fsp3) is 0.556. The first-order chi connectivity index (χ1) is 13.7. The second kappa shape index (κ2) is 8.46. The molecule has 0 bridgehead atoms. The van der Waals surface area contributed by atoms with Gasteiger partial charge < -0.3 is 14.5 Å². The van der Waals surface area contributed by atoms with E-state index in [2.05, 4.69) is 0 Å². The minimum atomic E-state index is -3.73. The molecule has 2 aliphatic heterocycles. The summed E-state index contributed by atoms with van der Waals surface area (Å²) in [5, 5.41) is 11.2. The highest BCUT2D eigenvalue weighted by Crippen LogP contribution is 2.25. The fourth-order valence-electron chi connectivity index (χ4n) is 3.61. The molecule has 2 aliphatic rings. The van der Waals surface area contributed by atoms with Crippen molar-refractivity contribution in [3.05, 3.63) is 33.9 Å². The third kappa shape index (κ3) is 4.91. The summed E-state index contributed by atoms with van der Waals surface area (Å²) in [6.45, 7) is 2.62. The van der Waals surface area contributed by atoms with E-state index < -0.39 is 26.4 Å².